The number of anilines is 1. The van der Waals surface area contributed by atoms with Gasteiger partial charge in [0, 0.05) is 47.3 Å². The van der Waals surface area contributed by atoms with E-state index in [1.54, 1.807) is 0 Å². The lowest BCUT2D eigenvalue weighted by Gasteiger charge is -2.40. The van der Waals surface area contributed by atoms with E-state index in [-0.39, 0.29) is 76.8 Å². The average molecular weight is 642 g/mol. The highest BCUT2D eigenvalue weighted by Gasteiger charge is 2.42. The molecule has 12 heteroatoms. The Labute approximate surface area is 266 Å². The highest BCUT2D eigenvalue weighted by Crippen LogP contribution is 2.39. The Morgan fingerprint density at radius 2 is 1.82 bits per heavy atom. The number of alkyl halides is 2. The third-order valence-corrected chi connectivity index (χ3v) is 11.4. The summed E-state index contributed by atoms with van der Waals surface area (Å²) < 4.78 is 82.3. The van der Waals surface area contributed by atoms with E-state index in [9.17, 15) is 18.5 Å². The van der Waals surface area contributed by atoms with Crippen molar-refractivity contribution in [1.82, 2.24) is 19.4 Å². The Morgan fingerprint density at radius 3 is 2.56 bits per heavy atom. The highest BCUT2D eigenvalue weighted by atomic mass is 32.2. The zero-order valence-corrected chi connectivity index (χ0v) is 26.0. The van der Waals surface area contributed by atoms with Gasteiger partial charge >= 0.3 is 0 Å². The van der Waals surface area contributed by atoms with Crippen molar-refractivity contribution >= 4 is 26.7 Å². The van der Waals surface area contributed by atoms with Crippen molar-refractivity contribution in [3.63, 3.8) is 0 Å². The number of nitriles is 1. The summed E-state index contributed by atoms with van der Waals surface area (Å²) in [5.41, 5.74) is -1.61. The molecule has 0 aliphatic carbocycles. The molecule has 45 heavy (non-hydrogen) atoms. The van der Waals surface area contributed by atoms with Crippen LogP contribution in [0.25, 0.3) is 11.0 Å². The first-order chi connectivity index (χ1) is 22.7. The highest BCUT2D eigenvalue weighted by molar-refractivity contribution is 7.91. The zero-order chi connectivity index (χ0) is 34.3. The molecule has 2 fully saturated rings. The first kappa shape index (κ1) is 27.8. The zero-order valence-electron chi connectivity index (χ0n) is 28.1. The van der Waals surface area contributed by atoms with Crippen LogP contribution in [0.1, 0.15) is 85.1 Å². The molecule has 0 saturated carbocycles. The molecular weight excluding hydrogens is 598 g/mol. The van der Waals surface area contributed by atoms with Gasteiger partial charge in [0.15, 0.2) is 0 Å². The van der Waals surface area contributed by atoms with Crippen molar-refractivity contribution < 1.29 is 21.3 Å². The van der Waals surface area contributed by atoms with Gasteiger partial charge in [-0.05, 0) is 69.1 Å². The van der Waals surface area contributed by atoms with Crippen molar-refractivity contribution in [3.8, 4) is 6.07 Å². The van der Waals surface area contributed by atoms with Gasteiger partial charge in [-0.2, -0.15) is 5.26 Å². The van der Waals surface area contributed by atoms with E-state index in [1.807, 2.05) is 0 Å². The lowest BCUT2D eigenvalue weighted by molar-refractivity contribution is -0.0291. The van der Waals surface area contributed by atoms with Crippen molar-refractivity contribution in [2.75, 3.05) is 36.5 Å². The summed E-state index contributed by atoms with van der Waals surface area (Å²) >= 11 is 0. The van der Waals surface area contributed by atoms with Crippen LogP contribution < -0.4 is 10.9 Å². The van der Waals surface area contributed by atoms with Gasteiger partial charge in [0.25, 0.3) is 11.5 Å². The van der Waals surface area contributed by atoms with E-state index in [2.05, 4.69) is 26.3 Å². The summed E-state index contributed by atoms with van der Waals surface area (Å²) in [4.78, 5) is 25.2. The van der Waals surface area contributed by atoms with E-state index >= 15 is 8.78 Å². The molecule has 1 aromatic carbocycles. The normalized spacial score (nSPS) is 27.8. The van der Waals surface area contributed by atoms with Gasteiger partial charge in [0.2, 0.25) is 0 Å². The van der Waals surface area contributed by atoms with Gasteiger partial charge in [-0.1, -0.05) is 31.0 Å². The molecule has 8 bridgehead atoms. The molecule has 2 aromatic heterocycles. The Kier molecular flexibility index (Phi) is 7.67. The largest absolute Gasteiger partial charge is 0.363 e. The van der Waals surface area contributed by atoms with Crippen LogP contribution in [0.2, 0.25) is 0 Å². The third kappa shape index (κ3) is 6.47. The van der Waals surface area contributed by atoms with Crippen LogP contribution in [0.3, 0.4) is 0 Å². The Balaban J connectivity index is 1.48. The number of fused-ring (bicyclic) bond motifs is 8. The maximum Gasteiger partial charge on any atom is 0.273 e. The Morgan fingerprint density at radius 1 is 1.07 bits per heavy atom. The molecule has 4 aliphatic heterocycles. The monoisotopic (exact) mass is 641 g/mol. The first-order valence-corrected chi connectivity index (χ1v) is 17.5. The summed E-state index contributed by atoms with van der Waals surface area (Å²) in [7, 11) is -3.37. The molecule has 7 rings (SSSR count). The summed E-state index contributed by atoms with van der Waals surface area (Å²) in [6, 6.07) is 7.75. The van der Waals surface area contributed by atoms with Crippen LogP contribution in [0.15, 0.2) is 41.5 Å². The predicted molar refractivity (Wildman–Crippen MR) is 169 cm³/mol. The lowest BCUT2D eigenvalue weighted by atomic mass is 9.77. The van der Waals surface area contributed by atoms with E-state index in [0.717, 1.165) is 38.9 Å². The second kappa shape index (κ2) is 12.4. The van der Waals surface area contributed by atoms with Gasteiger partial charge in [-0.3, -0.25) is 9.36 Å². The molecule has 4 aliphatic rings. The molecule has 9 nitrogen and oxygen atoms in total. The van der Waals surface area contributed by atoms with Crippen LogP contribution in [0, 0.1) is 17.2 Å². The Hall–Kier alpha value is -3.43. The number of rotatable bonds is 1. The molecule has 1 N–H and O–H groups in total. The maximum absolute atomic E-state index is 15.5. The molecule has 1 atom stereocenters. The number of hydrogen-bond donors (Lipinski definition) is 1. The minimum atomic E-state index is -3.37. The fourth-order valence-corrected chi connectivity index (χ4v) is 8.39. The second-order valence-corrected chi connectivity index (χ2v) is 15.1. The number of sulfone groups is 1. The molecular formula is C33H40F2N6O3S. The number of benzene rings is 1. The quantitative estimate of drug-likeness (QED) is 0.380. The molecule has 0 unspecified atom stereocenters. The van der Waals surface area contributed by atoms with Crippen molar-refractivity contribution in [3.05, 3.63) is 63.7 Å². The first-order valence-electron chi connectivity index (χ1n) is 17.2. The van der Waals surface area contributed by atoms with Crippen molar-refractivity contribution in [1.29, 1.82) is 5.26 Å². The number of aromatic nitrogens is 3. The second-order valence-electron chi connectivity index (χ2n) is 12.8. The molecule has 0 radical (unpaired) electrons. The minimum absolute atomic E-state index is 0.0563. The number of aryl methyl sites for hydroxylation is 1. The van der Waals surface area contributed by atoms with Crippen LogP contribution in [-0.2, 0) is 27.7 Å². The van der Waals surface area contributed by atoms with Gasteiger partial charge in [0.1, 0.15) is 27.6 Å². The van der Waals surface area contributed by atoms with E-state index in [4.69, 9.17) is 4.11 Å². The molecule has 2 saturated heterocycles. The number of pyridine rings is 1. The number of halogens is 2. The summed E-state index contributed by atoms with van der Waals surface area (Å²) in [5, 5.41) is 13.7. The van der Waals surface area contributed by atoms with Gasteiger partial charge in [-0.15, -0.1) is 0 Å². The summed E-state index contributed by atoms with van der Waals surface area (Å²) in [6.07, 6.45) is 4.43. The number of hydrogen-bond acceptors (Lipinski definition) is 8. The fourth-order valence-electron chi connectivity index (χ4n) is 6.87. The van der Waals surface area contributed by atoms with Crippen LogP contribution >= 0.6 is 0 Å². The minimum Gasteiger partial charge on any atom is -0.363 e. The van der Waals surface area contributed by atoms with E-state index in [1.165, 1.54) is 41.2 Å². The number of nitrogens with one attached hydrogen (secondary N) is 1. The smallest absolute Gasteiger partial charge is 0.273 e. The third-order valence-electron chi connectivity index (χ3n) is 9.72. The van der Waals surface area contributed by atoms with Gasteiger partial charge in [0.05, 0.1) is 28.4 Å². The maximum atomic E-state index is 15.5. The van der Waals surface area contributed by atoms with Crippen molar-refractivity contribution in [2.45, 2.75) is 82.1 Å². The molecule has 6 heterocycles. The van der Waals surface area contributed by atoms with Crippen LogP contribution in [-0.4, -0.2) is 59.0 Å². The summed E-state index contributed by atoms with van der Waals surface area (Å²) in [6.45, 7) is 0.0124. The van der Waals surface area contributed by atoms with Gasteiger partial charge < -0.3 is 10.2 Å². The predicted octanol–water partition coefficient (Wildman–Crippen LogP) is 5.31. The standard InChI is InChI=1S/C33H40F2N6O3S/c1-23-25-7-6-8-26(17-25)33(34,35)10-9-24-19-40(20-24)13-4-2-3-5-14-41-30-27(29(39-23)37-22-38-30)18-28(31(41)42)32(21-36)11-15-45(43,44)16-12-32/h6-8,17-18,22-24H,2-5,9-16,19-20H2,1H3,(H,37,38,39)/t23-/m1/s1/i1D3. The fraction of sp³-hybridized carbons (Fsp3) is 0.576. The van der Waals surface area contributed by atoms with Crippen molar-refractivity contribution in [2.24, 2.45) is 5.92 Å². The molecule has 0 spiro atoms. The van der Waals surface area contributed by atoms with E-state index < -0.39 is 39.6 Å². The number of nitrogens with zero attached hydrogens (tertiary/aromatic N) is 5. The van der Waals surface area contributed by atoms with E-state index in [0.29, 0.717) is 12.8 Å². The van der Waals surface area contributed by atoms with Crippen LogP contribution in [0.4, 0.5) is 14.6 Å². The Bertz CT molecular complexity index is 1880. The summed E-state index contributed by atoms with van der Waals surface area (Å²) in [5.74, 6) is -3.38. The molecule has 240 valence electrons. The topological polar surface area (TPSA) is 121 Å². The van der Waals surface area contributed by atoms with Gasteiger partial charge in [-0.25, -0.2) is 27.2 Å². The van der Waals surface area contributed by atoms with Crippen LogP contribution in [0.5, 0.6) is 0 Å². The SMILES string of the molecule is [2H]C([2H])([2H])[C@H]1Nc2ncnc3c2cc(C2(C#N)CCS(=O)(=O)CC2)c(=O)n3CCCCCCN2CC(CCC(F)(F)c3cccc1c3)C2. The lowest BCUT2D eigenvalue weighted by Crippen LogP contribution is -2.47. The molecule has 0 amide bonds. The molecule has 3 aromatic rings. The average Bonchev–Trinajstić information content (AvgIpc) is 3.02.